The number of benzene rings is 2. The van der Waals surface area contributed by atoms with Crippen molar-refractivity contribution in [3.8, 4) is 5.75 Å². The van der Waals surface area contributed by atoms with Gasteiger partial charge >= 0.3 is 0 Å². The number of carbonyl (C=O) groups is 1. The Kier molecular flexibility index (Phi) is 5.33. The van der Waals surface area contributed by atoms with Gasteiger partial charge in [-0.3, -0.25) is 4.79 Å². The van der Waals surface area contributed by atoms with E-state index in [2.05, 4.69) is 22.3 Å². The number of ether oxygens (including phenoxy) is 2. The number of hydrogen-bond acceptors (Lipinski definition) is 4. The Hall–Kier alpha value is -2.53. The molecule has 0 atom stereocenters. The fraction of sp³-hybridized carbons (Fsp3) is 0.316. The fourth-order valence-corrected chi connectivity index (χ4v) is 2.76. The summed E-state index contributed by atoms with van der Waals surface area (Å²) >= 11 is 0. The Balaban J connectivity index is 1.59. The topological polar surface area (TPSA) is 50.8 Å². The summed E-state index contributed by atoms with van der Waals surface area (Å²) in [5, 5.41) is 2.94. The zero-order valence-corrected chi connectivity index (χ0v) is 13.8. The first kappa shape index (κ1) is 16.3. The molecule has 0 aromatic heterocycles. The minimum absolute atomic E-state index is 0.135. The minimum Gasteiger partial charge on any atom is -0.496 e. The molecular formula is C19H22N2O3. The van der Waals surface area contributed by atoms with Crippen molar-refractivity contribution in [3.63, 3.8) is 0 Å². The number of methoxy groups -OCH3 is 1. The third kappa shape index (κ3) is 3.86. The van der Waals surface area contributed by atoms with E-state index < -0.39 is 0 Å². The van der Waals surface area contributed by atoms with E-state index in [-0.39, 0.29) is 5.91 Å². The van der Waals surface area contributed by atoms with E-state index in [0.717, 1.165) is 31.9 Å². The van der Waals surface area contributed by atoms with Crippen molar-refractivity contribution >= 4 is 11.6 Å². The molecule has 0 saturated carbocycles. The van der Waals surface area contributed by atoms with Crippen molar-refractivity contribution < 1.29 is 14.3 Å². The lowest BCUT2D eigenvalue weighted by molar-refractivity contribution is 0.0948. The molecule has 0 radical (unpaired) electrons. The molecule has 1 aliphatic heterocycles. The lowest BCUT2D eigenvalue weighted by atomic mass is 10.1. The smallest absolute Gasteiger partial charge is 0.255 e. The highest BCUT2D eigenvalue weighted by Crippen LogP contribution is 2.18. The summed E-state index contributed by atoms with van der Waals surface area (Å²) in [6.07, 6.45) is 0. The molecule has 0 spiro atoms. The monoisotopic (exact) mass is 326 g/mol. The van der Waals surface area contributed by atoms with Gasteiger partial charge in [-0.15, -0.1) is 0 Å². The molecule has 2 aromatic rings. The van der Waals surface area contributed by atoms with E-state index in [1.54, 1.807) is 19.2 Å². The Labute approximate surface area is 142 Å². The largest absolute Gasteiger partial charge is 0.496 e. The van der Waals surface area contributed by atoms with Gasteiger partial charge in [0, 0.05) is 25.3 Å². The molecule has 24 heavy (non-hydrogen) atoms. The number of morpholine rings is 1. The van der Waals surface area contributed by atoms with Crippen LogP contribution in [0.25, 0.3) is 0 Å². The summed E-state index contributed by atoms with van der Waals surface area (Å²) in [4.78, 5) is 14.6. The summed E-state index contributed by atoms with van der Waals surface area (Å²) in [5.41, 5.74) is 2.80. The average molecular weight is 326 g/mol. The van der Waals surface area contributed by atoms with Gasteiger partial charge in [0.15, 0.2) is 0 Å². The molecule has 2 aromatic carbocycles. The Bertz CT molecular complexity index is 679. The lowest BCUT2D eigenvalue weighted by Crippen LogP contribution is -2.36. The first-order valence-corrected chi connectivity index (χ1v) is 8.11. The third-order valence-corrected chi connectivity index (χ3v) is 4.12. The zero-order chi connectivity index (χ0) is 16.8. The Morgan fingerprint density at radius 2 is 1.83 bits per heavy atom. The summed E-state index contributed by atoms with van der Waals surface area (Å²) < 4.78 is 10.6. The van der Waals surface area contributed by atoms with Crippen LogP contribution in [0.5, 0.6) is 5.75 Å². The molecule has 0 aliphatic carbocycles. The van der Waals surface area contributed by atoms with Crippen LogP contribution in [-0.2, 0) is 11.3 Å². The number of nitrogens with one attached hydrogen (secondary N) is 1. The molecule has 3 rings (SSSR count). The summed E-state index contributed by atoms with van der Waals surface area (Å²) in [6.45, 7) is 3.88. The molecule has 5 heteroatoms. The molecule has 0 bridgehead atoms. The number of amides is 1. The molecule has 1 N–H and O–H groups in total. The predicted molar refractivity (Wildman–Crippen MR) is 93.6 cm³/mol. The van der Waals surface area contributed by atoms with E-state index in [4.69, 9.17) is 9.47 Å². The van der Waals surface area contributed by atoms with Gasteiger partial charge < -0.3 is 19.7 Å². The lowest BCUT2D eigenvalue weighted by Gasteiger charge is -2.28. The van der Waals surface area contributed by atoms with Crippen LogP contribution in [-0.4, -0.2) is 39.3 Å². The van der Waals surface area contributed by atoms with Gasteiger partial charge in [-0.1, -0.05) is 24.3 Å². The van der Waals surface area contributed by atoms with Gasteiger partial charge in [-0.2, -0.15) is 0 Å². The van der Waals surface area contributed by atoms with Crippen molar-refractivity contribution in [1.82, 2.24) is 5.32 Å². The van der Waals surface area contributed by atoms with Gasteiger partial charge in [-0.05, 0) is 29.8 Å². The van der Waals surface area contributed by atoms with E-state index in [0.29, 0.717) is 17.9 Å². The first-order chi connectivity index (χ1) is 11.8. The zero-order valence-electron chi connectivity index (χ0n) is 13.8. The van der Waals surface area contributed by atoms with E-state index in [1.807, 2.05) is 24.3 Å². The van der Waals surface area contributed by atoms with Gasteiger partial charge in [0.2, 0.25) is 0 Å². The summed E-state index contributed by atoms with van der Waals surface area (Å²) in [6, 6.07) is 15.5. The highest BCUT2D eigenvalue weighted by molar-refractivity contribution is 5.96. The van der Waals surface area contributed by atoms with Crippen molar-refractivity contribution in [2.75, 3.05) is 38.3 Å². The Morgan fingerprint density at radius 1 is 1.12 bits per heavy atom. The van der Waals surface area contributed by atoms with Crippen molar-refractivity contribution in [1.29, 1.82) is 0 Å². The van der Waals surface area contributed by atoms with Crippen LogP contribution in [0.2, 0.25) is 0 Å². The van der Waals surface area contributed by atoms with Gasteiger partial charge in [0.05, 0.1) is 25.9 Å². The molecule has 1 aliphatic rings. The maximum absolute atomic E-state index is 12.3. The number of nitrogens with zero attached hydrogens (tertiary/aromatic N) is 1. The normalized spacial score (nSPS) is 14.3. The van der Waals surface area contributed by atoms with Gasteiger partial charge in [0.25, 0.3) is 5.91 Å². The van der Waals surface area contributed by atoms with Gasteiger partial charge in [0.1, 0.15) is 5.75 Å². The molecule has 1 fully saturated rings. The maximum Gasteiger partial charge on any atom is 0.255 e. The van der Waals surface area contributed by atoms with Crippen LogP contribution >= 0.6 is 0 Å². The average Bonchev–Trinajstić information content (AvgIpc) is 2.67. The van der Waals surface area contributed by atoms with E-state index in [1.165, 1.54) is 5.69 Å². The number of hydrogen-bond donors (Lipinski definition) is 1. The van der Waals surface area contributed by atoms with Crippen molar-refractivity contribution in [3.05, 3.63) is 59.7 Å². The number of rotatable bonds is 5. The van der Waals surface area contributed by atoms with Crippen molar-refractivity contribution in [2.45, 2.75) is 6.54 Å². The van der Waals surface area contributed by atoms with Gasteiger partial charge in [-0.25, -0.2) is 0 Å². The molecule has 126 valence electrons. The Morgan fingerprint density at radius 3 is 2.54 bits per heavy atom. The molecule has 5 nitrogen and oxygen atoms in total. The highest BCUT2D eigenvalue weighted by atomic mass is 16.5. The van der Waals surface area contributed by atoms with Crippen LogP contribution in [0, 0.1) is 0 Å². The highest BCUT2D eigenvalue weighted by Gasteiger charge is 2.12. The molecule has 1 heterocycles. The van der Waals surface area contributed by atoms with Crippen LogP contribution in [0.4, 0.5) is 5.69 Å². The molecule has 0 unspecified atom stereocenters. The van der Waals surface area contributed by atoms with Crippen LogP contribution in [0.3, 0.4) is 0 Å². The predicted octanol–water partition coefficient (Wildman–Crippen LogP) is 2.46. The van der Waals surface area contributed by atoms with Crippen molar-refractivity contribution in [2.24, 2.45) is 0 Å². The summed E-state index contributed by atoms with van der Waals surface area (Å²) in [7, 11) is 1.57. The van der Waals surface area contributed by atoms with E-state index in [9.17, 15) is 4.79 Å². The second-order valence-electron chi connectivity index (χ2n) is 5.65. The molecular weight excluding hydrogens is 304 g/mol. The molecule has 1 amide bonds. The first-order valence-electron chi connectivity index (χ1n) is 8.11. The third-order valence-electron chi connectivity index (χ3n) is 4.12. The quantitative estimate of drug-likeness (QED) is 0.917. The summed E-state index contributed by atoms with van der Waals surface area (Å²) in [5.74, 6) is 0.447. The second-order valence-corrected chi connectivity index (χ2v) is 5.65. The number of anilines is 1. The second kappa shape index (κ2) is 7.84. The van der Waals surface area contributed by atoms with Crippen LogP contribution < -0.4 is 15.0 Å². The maximum atomic E-state index is 12.3. The molecule has 1 saturated heterocycles. The SMILES string of the molecule is COc1ccccc1C(=O)NCc1ccc(N2CCOCC2)cc1. The number of carbonyl (C=O) groups excluding carboxylic acids is 1. The van der Waals surface area contributed by atoms with Crippen LogP contribution in [0.15, 0.2) is 48.5 Å². The number of para-hydroxylation sites is 1. The fourth-order valence-electron chi connectivity index (χ4n) is 2.76. The van der Waals surface area contributed by atoms with E-state index >= 15 is 0 Å². The standard InChI is InChI=1S/C19H22N2O3/c1-23-18-5-3-2-4-17(18)19(22)20-14-15-6-8-16(9-7-15)21-10-12-24-13-11-21/h2-9H,10-14H2,1H3,(H,20,22). The van der Waals surface area contributed by atoms with Crippen LogP contribution in [0.1, 0.15) is 15.9 Å². The minimum atomic E-state index is -0.135.